The van der Waals surface area contributed by atoms with E-state index in [1.54, 1.807) is 24.2 Å². The Kier molecular flexibility index (Phi) is 6.98. The molecular formula is C30H33F3N8O3. The second-order valence-electron chi connectivity index (χ2n) is 12.0. The van der Waals surface area contributed by atoms with Crippen molar-refractivity contribution in [3.8, 4) is 17.3 Å². The first kappa shape index (κ1) is 28.6. The molecule has 1 amide bonds. The number of carbonyl (C=O) groups excluding carboxylic acids is 1. The normalized spacial score (nSPS) is 23.0. The summed E-state index contributed by atoms with van der Waals surface area (Å²) in [6.45, 7) is 5.12. The molecule has 2 N–H and O–H groups in total. The minimum Gasteiger partial charge on any atom is -0.461 e. The fourth-order valence-electron chi connectivity index (χ4n) is 6.80. The minimum absolute atomic E-state index is 0.00773. The number of benzene rings is 1. The van der Waals surface area contributed by atoms with Crippen LogP contribution in [0.1, 0.15) is 38.2 Å². The Hall–Kier alpha value is -4.20. The molecule has 3 fully saturated rings. The number of alkyl carbamates (subject to hydrolysis) is 1. The van der Waals surface area contributed by atoms with Crippen molar-refractivity contribution in [2.75, 3.05) is 44.3 Å². The number of hydrogen-bond acceptors (Lipinski definition) is 9. The smallest absolute Gasteiger partial charge is 0.407 e. The van der Waals surface area contributed by atoms with Gasteiger partial charge in [0.1, 0.15) is 23.6 Å². The molecule has 232 valence electrons. The third-order valence-corrected chi connectivity index (χ3v) is 8.92. The summed E-state index contributed by atoms with van der Waals surface area (Å²) in [7, 11) is 0. The molecular weight excluding hydrogens is 577 g/mol. The quantitative estimate of drug-likeness (QED) is 0.309. The number of hydrogen-bond donors (Lipinski definition) is 2. The van der Waals surface area contributed by atoms with E-state index in [1.807, 2.05) is 24.0 Å². The number of fused-ring (bicyclic) bond motifs is 3. The van der Waals surface area contributed by atoms with E-state index in [0.29, 0.717) is 48.2 Å². The van der Waals surface area contributed by atoms with Crippen LogP contribution in [0, 0.1) is 12.7 Å². The van der Waals surface area contributed by atoms with Crippen LogP contribution in [0.25, 0.3) is 33.1 Å². The first-order valence-corrected chi connectivity index (χ1v) is 14.9. The summed E-state index contributed by atoms with van der Waals surface area (Å²) in [4.78, 5) is 29.5. The molecule has 2 atom stereocenters. The highest BCUT2D eigenvalue weighted by atomic mass is 19.3. The van der Waals surface area contributed by atoms with Gasteiger partial charge in [-0.25, -0.2) is 18.0 Å². The zero-order valence-corrected chi connectivity index (χ0v) is 24.5. The van der Waals surface area contributed by atoms with Crippen molar-refractivity contribution in [2.24, 2.45) is 0 Å². The van der Waals surface area contributed by atoms with Gasteiger partial charge in [0.2, 0.25) is 0 Å². The van der Waals surface area contributed by atoms with Gasteiger partial charge in [-0.2, -0.15) is 15.1 Å². The molecule has 2 unspecified atom stereocenters. The molecule has 44 heavy (non-hydrogen) atoms. The summed E-state index contributed by atoms with van der Waals surface area (Å²) in [6.07, 6.45) is 4.42. The van der Waals surface area contributed by atoms with Gasteiger partial charge in [-0.05, 0) is 50.8 Å². The first-order chi connectivity index (χ1) is 21.1. The lowest BCUT2D eigenvalue weighted by molar-refractivity contribution is -0.0132. The molecule has 6 heterocycles. The monoisotopic (exact) mass is 610 g/mol. The Bertz CT molecular complexity index is 1750. The Balaban J connectivity index is 1.29. The van der Waals surface area contributed by atoms with Crippen molar-refractivity contribution in [1.29, 1.82) is 0 Å². The number of piperidine rings is 1. The van der Waals surface area contributed by atoms with Gasteiger partial charge in [-0.15, -0.1) is 0 Å². The van der Waals surface area contributed by atoms with E-state index in [2.05, 4.69) is 30.5 Å². The van der Waals surface area contributed by atoms with Crippen LogP contribution in [-0.2, 0) is 4.74 Å². The Labute approximate surface area is 251 Å². The summed E-state index contributed by atoms with van der Waals surface area (Å²) >= 11 is 0. The van der Waals surface area contributed by atoms with E-state index in [4.69, 9.17) is 9.47 Å². The summed E-state index contributed by atoms with van der Waals surface area (Å²) in [5.74, 6) is -3.04. The highest BCUT2D eigenvalue weighted by Gasteiger charge is 2.60. The zero-order valence-electron chi connectivity index (χ0n) is 24.5. The van der Waals surface area contributed by atoms with E-state index >= 15 is 4.39 Å². The second kappa shape index (κ2) is 10.8. The van der Waals surface area contributed by atoms with Crippen molar-refractivity contribution < 1.29 is 27.4 Å². The number of aromatic nitrogens is 5. The molecule has 11 nitrogen and oxygen atoms in total. The molecule has 4 aromatic rings. The van der Waals surface area contributed by atoms with Crippen LogP contribution in [0.3, 0.4) is 0 Å². The standard InChI is InChI=1S/C30H33F3N8O3/c1-3-43-28(42)36-18-5-4-7-40(13-18)26-21-11-34-24(19-9-17(2)10-22-20(19)12-35-39-22)23(31)25(21)37-27(38-26)44-16-29-6-8-41(29)15-30(32,33)14-29/h9-12,18H,3-8,13-16H2,1-2H3,(H,35,39)(H,36,42). The molecule has 14 heteroatoms. The molecule has 3 aromatic heterocycles. The molecule has 7 rings (SSSR count). The summed E-state index contributed by atoms with van der Waals surface area (Å²) in [5.41, 5.74) is 1.52. The maximum absolute atomic E-state index is 16.5. The highest BCUT2D eigenvalue weighted by Crippen LogP contribution is 2.47. The highest BCUT2D eigenvalue weighted by molar-refractivity contribution is 5.98. The molecule has 1 aromatic carbocycles. The van der Waals surface area contributed by atoms with Gasteiger partial charge < -0.3 is 19.7 Å². The third-order valence-electron chi connectivity index (χ3n) is 8.92. The number of aryl methyl sites for hydroxylation is 1. The van der Waals surface area contributed by atoms with Crippen molar-refractivity contribution >= 4 is 33.7 Å². The molecule has 0 radical (unpaired) electrons. The number of amides is 1. The predicted molar refractivity (Wildman–Crippen MR) is 156 cm³/mol. The molecule has 0 bridgehead atoms. The fraction of sp³-hybridized carbons (Fsp3) is 0.500. The minimum atomic E-state index is -2.79. The van der Waals surface area contributed by atoms with E-state index in [0.717, 1.165) is 23.9 Å². The Morgan fingerprint density at radius 2 is 2.07 bits per heavy atom. The Morgan fingerprint density at radius 3 is 2.84 bits per heavy atom. The number of alkyl halides is 2. The maximum atomic E-state index is 16.5. The molecule has 0 spiro atoms. The number of ether oxygens (including phenoxy) is 2. The maximum Gasteiger partial charge on any atom is 0.407 e. The van der Waals surface area contributed by atoms with Crippen molar-refractivity contribution in [1.82, 2.24) is 35.4 Å². The van der Waals surface area contributed by atoms with Gasteiger partial charge in [0.25, 0.3) is 5.92 Å². The van der Waals surface area contributed by atoms with Gasteiger partial charge in [0.05, 0.1) is 35.8 Å². The van der Waals surface area contributed by atoms with Crippen LogP contribution in [0.5, 0.6) is 6.01 Å². The second-order valence-corrected chi connectivity index (χ2v) is 12.0. The number of aromatic amines is 1. The number of halogens is 3. The van der Waals surface area contributed by atoms with Gasteiger partial charge in [0.15, 0.2) is 5.82 Å². The average Bonchev–Trinajstić information content (AvgIpc) is 3.52. The van der Waals surface area contributed by atoms with Gasteiger partial charge >= 0.3 is 12.1 Å². The number of pyridine rings is 1. The van der Waals surface area contributed by atoms with E-state index in [9.17, 15) is 13.6 Å². The van der Waals surface area contributed by atoms with Crippen LogP contribution in [-0.4, -0.2) is 93.0 Å². The SMILES string of the molecule is CCOC(=O)NC1CCCN(c2nc(OCC34CCN3CC(F)(F)C4)nc3c(F)c(-c4cc(C)cc5[nH]ncc45)ncc23)C1. The van der Waals surface area contributed by atoms with Crippen LogP contribution in [0.4, 0.5) is 23.8 Å². The summed E-state index contributed by atoms with van der Waals surface area (Å²) in [5, 5.41) is 11.0. The van der Waals surface area contributed by atoms with Gasteiger partial charge in [-0.1, -0.05) is 0 Å². The van der Waals surface area contributed by atoms with Crippen molar-refractivity contribution in [2.45, 2.75) is 57.0 Å². The number of rotatable bonds is 7. The van der Waals surface area contributed by atoms with E-state index in [-0.39, 0.29) is 49.4 Å². The molecule has 3 aliphatic rings. The van der Waals surface area contributed by atoms with Crippen molar-refractivity contribution in [3.05, 3.63) is 35.9 Å². The largest absolute Gasteiger partial charge is 0.461 e. The van der Waals surface area contributed by atoms with E-state index < -0.39 is 23.4 Å². The number of nitrogens with one attached hydrogen (secondary N) is 2. The molecule has 0 aliphatic carbocycles. The van der Waals surface area contributed by atoms with Crippen LogP contribution < -0.4 is 15.0 Å². The van der Waals surface area contributed by atoms with E-state index in [1.165, 1.54) is 0 Å². The third kappa shape index (κ3) is 5.04. The van der Waals surface area contributed by atoms with Gasteiger partial charge in [0, 0.05) is 49.2 Å². The Morgan fingerprint density at radius 1 is 1.20 bits per heavy atom. The van der Waals surface area contributed by atoms with Gasteiger partial charge in [-0.3, -0.25) is 15.0 Å². The van der Waals surface area contributed by atoms with Crippen LogP contribution in [0.2, 0.25) is 0 Å². The average molecular weight is 611 g/mol. The molecule has 3 saturated heterocycles. The lowest BCUT2D eigenvalue weighted by Gasteiger charge is -2.46. The lowest BCUT2D eigenvalue weighted by atomic mass is 9.85. The number of anilines is 1. The lowest BCUT2D eigenvalue weighted by Crippen LogP contribution is -2.59. The number of carbonyl (C=O) groups is 1. The number of H-pyrrole nitrogens is 1. The first-order valence-electron chi connectivity index (χ1n) is 14.9. The molecule has 3 aliphatic heterocycles. The predicted octanol–water partition coefficient (Wildman–Crippen LogP) is 4.59. The van der Waals surface area contributed by atoms with Crippen LogP contribution in [0.15, 0.2) is 24.5 Å². The zero-order chi connectivity index (χ0) is 30.6. The topological polar surface area (TPSA) is 121 Å². The molecule has 0 saturated carbocycles. The fourth-order valence-corrected chi connectivity index (χ4v) is 6.80. The summed E-state index contributed by atoms with van der Waals surface area (Å²) in [6, 6.07) is 3.44. The van der Waals surface area contributed by atoms with Crippen molar-refractivity contribution in [3.63, 3.8) is 0 Å². The number of nitrogens with zero attached hydrogens (tertiary/aromatic N) is 6. The van der Waals surface area contributed by atoms with Crippen LogP contribution >= 0.6 is 0 Å². The summed E-state index contributed by atoms with van der Waals surface area (Å²) < 4.78 is 56.2.